The number of anilines is 3. The quantitative estimate of drug-likeness (QED) is 0.153. The summed E-state index contributed by atoms with van der Waals surface area (Å²) in [6, 6.07) is 45.4. The first-order chi connectivity index (χ1) is 23.3. The maximum Gasteiger partial charge on any atom is 0.0499 e. The predicted octanol–water partition coefficient (Wildman–Crippen LogP) is 15.3. The smallest absolute Gasteiger partial charge is 0.0499 e. The van der Waals surface area contributed by atoms with Crippen LogP contribution in [0.25, 0.3) is 0 Å². The lowest BCUT2D eigenvalue weighted by Crippen LogP contribution is -2.14. The van der Waals surface area contributed by atoms with Crippen LogP contribution in [0.1, 0.15) is 152 Å². The van der Waals surface area contributed by atoms with Gasteiger partial charge in [0.25, 0.3) is 0 Å². The van der Waals surface area contributed by atoms with Gasteiger partial charge in [0.05, 0.1) is 0 Å². The van der Waals surface area contributed by atoms with Crippen LogP contribution in [0.3, 0.4) is 0 Å². The SMILES string of the molecule is CC(C)c1cccc(N(c2ccccc2)c2ccccc2)c1C(C)C.CC(C)c1ccccc1C(C)C.CC(C)c1ccccc1C(C)C. The average Bonchev–Trinajstić information content (AvgIpc) is 3.09. The van der Waals surface area contributed by atoms with E-state index in [0.29, 0.717) is 35.5 Å². The molecule has 0 saturated heterocycles. The van der Waals surface area contributed by atoms with E-state index in [1.54, 1.807) is 0 Å². The van der Waals surface area contributed by atoms with Gasteiger partial charge in [-0.05, 0) is 99.2 Å². The van der Waals surface area contributed by atoms with Gasteiger partial charge in [0, 0.05) is 17.1 Å². The molecule has 0 aliphatic heterocycles. The van der Waals surface area contributed by atoms with Crippen molar-refractivity contribution in [2.45, 2.75) is 119 Å². The highest BCUT2D eigenvalue weighted by Gasteiger charge is 2.21. The van der Waals surface area contributed by atoms with Crippen molar-refractivity contribution in [2.75, 3.05) is 4.90 Å². The molecule has 0 fully saturated rings. The fourth-order valence-electron chi connectivity index (χ4n) is 6.60. The summed E-state index contributed by atoms with van der Waals surface area (Å²) in [5.41, 5.74) is 12.5. The third kappa shape index (κ3) is 10.9. The topological polar surface area (TPSA) is 3.24 Å². The Hall–Kier alpha value is -4.10. The standard InChI is InChI=1S/C24H27N.2C12H18/c1-18(2)22-16-11-17-23(24(22)19(3)4)25(20-12-7-5-8-13-20)21-14-9-6-10-15-21;2*1-9(2)11-7-5-6-8-12(11)10(3)4/h5-19H,1-4H3;2*5-10H,1-4H3. The molecule has 0 N–H and O–H groups in total. The molecule has 5 aromatic carbocycles. The third-order valence-corrected chi connectivity index (χ3v) is 9.07. The van der Waals surface area contributed by atoms with E-state index in [9.17, 15) is 0 Å². The van der Waals surface area contributed by atoms with Gasteiger partial charge >= 0.3 is 0 Å². The Morgan fingerprint density at radius 3 is 0.857 bits per heavy atom. The van der Waals surface area contributed by atoms with E-state index in [4.69, 9.17) is 0 Å². The van der Waals surface area contributed by atoms with Crippen molar-refractivity contribution in [3.8, 4) is 0 Å². The Kier molecular flexibility index (Phi) is 15.4. The first-order valence-corrected chi connectivity index (χ1v) is 18.6. The fraction of sp³-hybridized carbons (Fsp3) is 0.375. The maximum absolute atomic E-state index is 2.38. The lowest BCUT2D eigenvalue weighted by atomic mass is 9.88. The number of para-hydroxylation sites is 2. The minimum Gasteiger partial charge on any atom is -0.310 e. The van der Waals surface area contributed by atoms with Gasteiger partial charge in [-0.3, -0.25) is 0 Å². The molecule has 0 saturated carbocycles. The molecule has 0 spiro atoms. The number of rotatable bonds is 9. The van der Waals surface area contributed by atoms with Crippen LogP contribution in [0.15, 0.2) is 127 Å². The van der Waals surface area contributed by atoms with Gasteiger partial charge in [-0.25, -0.2) is 0 Å². The highest BCUT2D eigenvalue weighted by molar-refractivity contribution is 5.79. The van der Waals surface area contributed by atoms with Gasteiger partial charge in [0.15, 0.2) is 0 Å². The van der Waals surface area contributed by atoms with Crippen LogP contribution in [0.5, 0.6) is 0 Å². The predicted molar refractivity (Wildman–Crippen MR) is 219 cm³/mol. The molecule has 0 radical (unpaired) electrons. The summed E-state index contributed by atoms with van der Waals surface area (Å²) in [6.45, 7) is 27.1. The van der Waals surface area contributed by atoms with Crippen LogP contribution in [0.2, 0.25) is 0 Å². The minimum atomic E-state index is 0.462. The molecule has 0 amide bonds. The summed E-state index contributed by atoms with van der Waals surface area (Å²) < 4.78 is 0. The van der Waals surface area contributed by atoms with Gasteiger partial charge in [-0.15, -0.1) is 0 Å². The molecule has 1 nitrogen and oxygen atoms in total. The Morgan fingerprint density at radius 2 is 0.571 bits per heavy atom. The third-order valence-electron chi connectivity index (χ3n) is 9.07. The van der Waals surface area contributed by atoms with Gasteiger partial charge in [-0.1, -0.05) is 180 Å². The van der Waals surface area contributed by atoms with Crippen molar-refractivity contribution in [1.82, 2.24) is 0 Å². The lowest BCUT2D eigenvalue weighted by Gasteiger charge is -2.30. The average molecular weight is 654 g/mol. The zero-order valence-corrected chi connectivity index (χ0v) is 32.5. The van der Waals surface area contributed by atoms with Gasteiger partial charge < -0.3 is 4.90 Å². The molecule has 49 heavy (non-hydrogen) atoms. The fourth-order valence-corrected chi connectivity index (χ4v) is 6.60. The van der Waals surface area contributed by atoms with E-state index >= 15 is 0 Å². The normalized spacial score (nSPS) is 11.1. The summed E-state index contributed by atoms with van der Waals surface area (Å²) in [7, 11) is 0. The summed E-state index contributed by atoms with van der Waals surface area (Å²) in [5.74, 6) is 3.54. The van der Waals surface area contributed by atoms with Crippen LogP contribution in [0, 0.1) is 0 Å². The number of benzene rings is 5. The molecule has 5 rings (SSSR count). The molecular formula is C48H63N. The summed E-state index contributed by atoms with van der Waals surface area (Å²) in [6.07, 6.45) is 0. The molecule has 0 unspecified atom stereocenters. The molecule has 260 valence electrons. The number of nitrogens with zero attached hydrogens (tertiary/aromatic N) is 1. The van der Waals surface area contributed by atoms with Crippen molar-refractivity contribution >= 4 is 17.1 Å². The van der Waals surface area contributed by atoms with Crippen molar-refractivity contribution in [3.63, 3.8) is 0 Å². The summed E-state index contributed by atoms with van der Waals surface area (Å²) in [5, 5.41) is 0. The van der Waals surface area contributed by atoms with Gasteiger partial charge in [0.2, 0.25) is 0 Å². The molecule has 1 heteroatoms. The highest BCUT2D eigenvalue weighted by atomic mass is 15.1. The van der Waals surface area contributed by atoms with Gasteiger partial charge in [0.1, 0.15) is 0 Å². The first kappa shape index (κ1) is 39.3. The molecule has 0 bridgehead atoms. The molecule has 0 aliphatic carbocycles. The molecule has 0 heterocycles. The summed E-state index contributed by atoms with van der Waals surface area (Å²) in [4.78, 5) is 2.38. The second kappa shape index (κ2) is 19.2. The van der Waals surface area contributed by atoms with Crippen molar-refractivity contribution < 1.29 is 0 Å². The van der Waals surface area contributed by atoms with Gasteiger partial charge in [-0.2, -0.15) is 0 Å². The van der Waals surface area contributed by atoms with Crippen molar-refractivity contribution in [3.05, 3.63) is 161 Å². The Labute approximate surface area is 300 Å². The van der Waals surface area contributed by atoms with E-state index in [0.717, 1.165) is 0 Å². The largest absolute Gasteiger partial charge is 0.310 e. The van der Waals surface area contributed by atoms with E-state index in [-0.39, 0.29) is 0 Å². The van der Waals surface area contributed by atoms with Crippen LogP contribution >= 0.6 is 0 Å². The van der Waals surface area contributed by atoms with E-state index < -0.39 is 0 Å². The zero-order chi connectivity index (χ0) is 36.1. The first-order valence-electron chi connectivity index (χ1n) is 18.6. The summed E-state index contributed by atoms with van der Waals surface area (Å²) >= 11 is 0. The zero-order valence-electron chi connectivity index (χ0n) is 32.5. The Morgan fingerprint density at radius 1 is 0.286 bits per heavy atom. The molecule has 0 aliphatic rings. The minimum absolute atomic E-state index is 0.462. The van der Waals surface area contributed by atoms with Crippen molar-refractivity contribution in [1.29, 1.82) is 0 Å². The lowest BCUT2D eigenvalue weighted by molar-refractivity contribution is 0.789. The van der Waals surface area contributed by atoms with Crippen LogP contribution in [0.4, 0.5) is 17.1 Å². The highest BCUT2D eigenvalue weighted by Crippen LogP contribution is 2.41. The van der Waals surface area contributed by atoms with E-state index in [1.165, 1.54) is 50.4 Å². The second-order valence-electron chi connectivity index (χ2n) is 15.0. The van der Waals surface area contributed by atoms with Crippen molar-refractivity contribution in [2.24, 2.45) is 0 Å². The molecule has 0 aromatic heterocycles. The monoisotopic (exact) mass is 653 g/mol. The van der Waals surface area contributed by atoms with E-state index in [2.05, 4.69) is 215 Å². The molecule has 0 atom stereocenters. The number of hydrogen-bond donors (Lipinski definition) is 0. The molecular weight excluding hydrogens is 591 g/mol. The van der Waals surface area contributed by atoms with Crippen LogP contribution in [-0.4, -0.2) is 0 Å². The second-order valence-corrected chi connectivity index (χ2v) is 15.0. The van der Waals surface area contributed by atoms with Crippen LogP contribution in [-0.2, 0) is 0 Å². The van der Waals surface area contributed by atoms with E-state index in [1.807, 2.05) is 0 Å². The Balaban J connectivity index is 0.000000226. The Bertz CT molecular complexity index is 1510. The number of hydrogen-bond acceptors (Lipinski definition) is 1. The molecule has 5 aromatic rings. The maximum atomic E-state index is 2.38. The van der Waals surface area contributed by atoms with Crippen LogP contribution < -0.4 is 4.90 Å².